The van der Waals surface area contributed by atoms with Gasteiger partial charge in [0.05, 0.1) is 9.79 Å². The average Bonchev–Trinajstić information content (AvgIpc) is 3.02. The fourth-order valence-electron chi connectivity index (χ4n) is 3.92. The first-order chi connectivity index (χ1) is 22.8. The number of halogens is 2. The van der Waals surface area contributed by atoms with Crippen molar-refractivity contribution in [3.63, 3.8) is 0 Å². The van der Waals surface area contributed by atoms with Gasteiger partial charge in [-0.15, -0.1) is 50.0 Å². The minimum Gasteiger partial charge on any atom is -0.744 e. The molecule has 0 aromatic heterocycles. The standard InChI is InChI=1S/C18H12F2O7PS2.C12H10S3.3Na.O3S/c19-12-4-6-13(7-5-12)28(21,14-2-1-3-16(10-14)29(22,23)24)15-8-9-17(20)18(11-15)30(25,26)27;13-9-1-5-11(6-2-9)15-12-7-3-10(14)4-8-12;;;;1-4(2)3/h1-4,6-11H,(H,22,23,24)(H,25,26,27);1-8,13-14H;;;;/q-1;;3*+1;/p-2. The Morgan fingerprint density at radius 3 is 1.54 bits per heavy atom. The Morgan fingerprint density at radius 1 is 0.654 bits per heavy atom. The molecular formula is C30H20F2Na3O10PS6. The molecule has 0 fully saturated rings. The van der Waals surface area contributed by atoms with Gasteiger partial charge in [-0.1, -0.05) is 29.2 Å². The minimum absolute atomic E-state index is 0. The fraction of sp³-hybridized carbons (Fsp3) is 0. The summed E-state index contributed by atoms with van der Waals surface area (Å²) < 4.78 is 135. The van der Waals surface area contributed by atoms with E-state index in [2.05, 4.69) is 55.6 Å². The molecule has 0 saturated carbocycles. The van der Waals surface area contributed by atoms with Crippen LogP contribution in [0.15, 0.2) is 139 Å². The Balaban J connectivity index is 0.000000994. The Kier molecular flexibility index (Phi) is 22.9. The molecule has 0 amide bonds. The van der Waals surface area contributed by atoms with Crippen molar-refractivity contribution in [1.82, 2.24) is 0 Å². The molecule has 0 bridgehead atoms. The first-order valence-electron chi connectivity index (χ1n) is 12.9. The van der Waals surface area contributed by atoms with E-state index in [0.717, 1.165) is 52.3 Å². The zero-order valence-electron chi connectivity index (χ0n) is 27.2. The summed E-state index contributed by atoms with van der Waals surface area (Å²) >= 11 is 10.2. The molecule has 1 atom stereocenters. The molecule has 52 heavy (non-hydrogen) atoms. The van der Waals surface area contributed by atoms with Gasteiger partial charge in [-0.2, -0.15) is 12.1 Å². The van der Waals surface area contributed by atoms with E-state index in [9.17, 15) is 39.3 Å². The molecule has 22 heteroatoms. The van der Waals surface area contributed by atoms with Crippen LogP contribution in [0, 0.1) is 17.7 Å². The topological polar surface area (TPSA) is 183 Å². The second kappa shape index (κ2) is 23.0. The van der Waals surface area contributed by atoms with Crippen molar-refractivity contribution in [2.45, 2.75) is 29.4 Å². The number of hydrogen-bond donors (Lipinski definition) is 2. The molecule has 0 aliphatic carbocycles. The third-order valence-corrected chi connectivity index (χ3v) is 12.4. The monoisotopic (exact) mass is 870 g/mol. The van der Waals surface area contributed by atoms with Gasteiger partial charge in [0.15, 0.2) is 0 Å². The average molecular weight is 871 g/mol. The van der Waals surface area contributed by atoms with E-state index in [-0.39, 0.29) is 105 Å². The maximum Gasteiger partial charge on any atom is 1.00 e. The van der Waals surface area contributed by atoms with Crippen LogP contribution < -0.4 is 105 Å². The Hall–Kier alpha value is -0.320. The summed E-state index contributed by atoms with van der Waals surface area (Å²) in [5, 5.41) is -0.704. The van der Waals surface area contributed by atoms with Gasteiger partial charge in [0.1, 0.15) is 33.2 Å². The minimum atomic E-state index is -5.28. The molecule has 10 nitrogen and oxygen atoms in total. The van der Waals surface area contributed by atoms with E-state index in [1.54, 1.807) is 11.8 Å². The Morgan fingerprint density at radius 2 is 1.12 bits per heavy atom. The van der Waals surface area contributed by atoms with E-state index in [0.29, 0.717) is 12.1 Å². The van der Waals surface area contributed by atoms with Crippen LogP contribution in [0.25, 0.3) is 0 Å². The van der Waals surface area contributed by atoms with Gasteiger partial charge in [0.25, 0.3) is 0 Å². The Labute approximate surface area is 382 Å². The van der Waals surface area contributed by atoms with Crippen molar-refractivity contribution in [1.29, 1.82) is 0 Å². The molecule has 5 rings (SSSR count). The normalized spacial score (nSPS) is 11.7. The van der Waals surface area contributed by atoms with Crippen LogP contribution in [0.5, 0.6) is 0 Å². The van der Waals surface area contributed by atoms with E-state index in [1.165, 1.54) is 15.9 Å². The van der Waals surface area contributed by atoms with E-state index in [4.69, 9.17) is 12.6 Å². The number of hydrogen-bond acceptors (Lipinski definition) is 13. The molecule has 1 unspecified atom stereocenters. The summed E-state index contributed by atoms with van der Waals surface area (Å²) in [6.07, 6.45) is 0. The van der Waals surface area contributed by atoms with Crippen molar-refractivity contribution in [2.24, 2.45) is 0 Å². The molecule has 5 aromatic rings. The smallest absolute Gasteiger partial charge is 0.744 e. The SMILES string of the molecule is O=P(c1c[c-]c(F)cc1)(c1cccc(S(=O)(=O)[O-])c1)c1ccc(F)c(S(=O)(=O)[O-])c1.O=S(=O)=O.Sc1ccc(Sc2ccc(S)cc2)cc1.[Na+].[Na+].[Na+]. The summed E-state index contributed by atoms with van der Waals surface area (Å²) in [5.74, 6) is -2.18. The van der Waals surface area contributed by atoms with Gasteiger partial charge in [-0.25, -0.2) is 25.6 Å². The molecule has 0 N–H and O–H groups in total. The molecule has 258 valence electrons. The Bertz CT molecular complexity index is 2290. The quantitative estimate of drug-likeness (QED) is 0.0531. The van der Waals surface area contributed by atoms with Gasteiger partial charge >= 0.3 is 99.3 Å². The first-order valence-corrected chi connectivity index (χ1v) is 20.2. The maximum atomic E-state index is 14.1. The zero-order chi connectivity index (χ0) is 36.6. The van der Waals surface area contributed by atoms with Gasteiger partial charge in [-0.05, 0) is 78.9 Å². The van der Waals surface area contributed by atoms with Gasteiger partial charge in [-0.3, -0.25) is 0 Å². The first kappa shape index (κ1) is 51.7. The summed E-state index contributed by atoms with van der Waals surface area (Å²) in [7, 11) is -17.5. The zero-order valence-corrected chi connectivity index (χ0v) is 39.2. The van der Waals surface area contributed by atoms with Crippen molar-refractivity contribution in [3.8, 4) is 0 Å². The third-order valence-electron chi connectivity index (χ3n) is 6.05. The van der Waals surface area contributed by atoms with Crippen molar-refractivity contribution in [3.05, 3.63) is 127 Å². The van der Waals surface area contributed by atoms with Crippen molar-refractivity contribution in [2.75, 3.05) is 0 Å². The maximum absolute atomic E-state index is 14.1. The van der Waals surface area contributed by atoms with Crippen LogP contribution in [-0.4, -0.2) is 38.6 Å². The summed E-state index contributed by atoms with van der Waals surface area (Å²) in [4.78, 5) is 2.44. The van der Waals surface area contributed by atoms with Crippen LogP contribution in [0.1, 0.15) is 0 Å². The number of rotatable bonds is 7. The third kappa shape index (κ3) is 15.7. The van der Waals surface area contributed by atoms with E-state index < -0.39 is 59.4 Å². The molecule has 0 radical (unpaired) electrons. The predicted octanol–water partition coefficient (Wildman–Crippen LogP) is -4.36. The fourth-order valence-corrected chi connectivity index (χ4v) is 8.94. The molecule has 0 aliphatic rings. The van der Waals surface area contributed by atoms with Gasteiger partial charge in [0.2, 0.25) is 0 Å². The van der Waals surface area contributed by atoms with Crippen molar-refractivity contribution >= 4 is 90.9 Å². The van der Waals surface area contributed by atoms with Crippen LogP contribution in [-0.2, 0) is 35.4 Å². The summed E-state index contributed by atoms with van der Waals surface area (Å²) in [6, 6.07) is 27.7. The number of benzene rings is 5. The van der Waals surface area contributed by atoms with E-state index >= 15 is 0 Å². The second-order valence-corrected chi connectivity index (χ2v) is 17.4. The predicted molar refractivity (Wildman–Crippen MR) is 182 cm³/mol. The van der Waals surface area contributed by atoms with Crippen LogP contribution in [0.4, 0.5) is 8.78 Å². The molecule has 0 spiro atoms. The largest absolute Gasteiger partial charge is 1.00 e. The number of thiol groups is 2. The molecule has 0 saturated heterocycles. The van der Waals surface area contributed by atoms with E-state index in [1.807, 2.05) is 24.3 Å². The molecule has 5 aromatic carbocycles. The van der Waals surface area contributed by atoms with Crippen molar-refractivity contribution < 1.29 is 141 Å². The summed E-state index contributed by atoms with van der Waals surface area (Å²) in [5.41, 5.74) is 0. The molecule has 0 aliphatic heterocycles. The van der Waals surface area contributed by atoms with Gasteiger partial charge in [0, 0.05) is 36.0 Å². The van der Waals surface area contributed by atoms with Crippen LogP contribution in [0.3, 0.4) is 0 Å². The summed E-state index contributed by atoms with van der Waals surface area (Å²) in [6.45, 7) is 0. The molecule has 0 heterocycles. The van der Waals surface area contributed by atoms with Crippen LogP contribution in [0.2, 0.25) is 0 Å². The van der Waals surface area contributed by atoms with Crippen LogP contribution >= 0.6 is 44.2 Å². The van der Waals surface area contributed by atoms with Gasteiger partial charge < -0.3 is 13.7 Å². The second-order valence-electron chi connectivity index (χ2n) is 9.32. The molecular weight excluding hydrogens is 851 g/mol.